The third kappa shape index (κ3) is 3.96. The molecule has 0 radical (unpaired) electrons. The lowest BCUT2D eigenvalue weighted by molar-refractivity contribution is -0.385. The van der Waals surface area contributed by atoms with Crippen LogP contribution in [0.3, 0.4) is 0 Å². The summed E-state index contributed by atoms with van der Waals surface area (Å²) in [5.41, 5.74) is 1.29. The molecule has 0 aliphatic heterocycles. The topological polar surface area (TPSA) is 75.5 Å². The van der Waals surface area contributed by atoms with Gasteiger partial charge in [-0.05, 0) is 26.3 Å². The van der Waals surface area contributed by atoms with E-state index in [1.54, 1.807) is 40.0 Å². The first kappa shape index (κ1) is 16.5. The van der Waals surface area contributed by atoms with E-state index in [4.69, 9.17) is 6.42 Å². The van der Waals surface area contributed by atoms with Crippen LogP contribution in [-0.2, 0) is 0 Å². The summed E-state index contributed by atoms with van der Waals surface area (Å²) < 4.78 is 0. The predicted molar refractivity (Wildman–Crippen MR) is 80.8 cm³/mol. The van der Waals surface area contributed by atoms with Crippen molar-refractivity contribution in [2.24, 2.45) is 0 Å². The van der Waals surface area contributed by atoms with E-state index in [2.05, 4.69) is 11.2 Å². The van der Waals surface area contributed by atoms with Crippen LogP contribution in [0.5, 0.6) is 0 Å². The lowest BCUT2D eigenvalue weighted by atomic mass is 10.0. The van der Waals surface area contributed by atoms with Crippen LogP contribution < -0.4 is 5.32 Å². The van der Waals surface area contributed by atoms with Crippen LogP contribution in [0.25, 0.3) is 0 Å². The molecule has 112 valence electrons. The number of nitrogens with one attached hydrogen (secondary N) is 1. The van der Waals surface area contributed by atoms with E-state index in [0.717, 1.165) is 0 Å². The summed E-state index contributed by atoms with van der Waals surface area (Å²) in [4.78, 5) is 23.9. The molecule has 0 aromatic heterocycles. The molecule has 1 aromatic carbocycles. The molecular weight excluding hydrogens is 270 g/mol. The molecule has 0 aliphatic carbocycles. The Hall–Kier alpha value is -2.55. The Kier molecular flexibility index (Phi) is 5.30. The largest absolute Gasteiger partial charge is 0.331 e. The average Bonchev–Trinajstić information content (AvgIpc) is 2.45. The minimum Gasteiger partial charge on any atom is -0.331 e. The molecule has 1 rings (SSSR count). The molecule has 1 N–H and O–H groups in total. The maximum absolute atomic E-state index is 12.0. The second kappa shape index (κ2) is 6.75. The number of rotatable bonds is 4. The molecule has 0 bridgehead atoms. The molecule has 2 amide bonds. The quantitative estimate of drug-likeness (QED) is 0.526. The number of hydrogen-bond donors (Lipinski definition) is 1. The summed E-state index contributed by atoms with van der Waals surface area (Å²) in [7, 11) is 1.60. The van der Waals surface area contributed by atoms with Gasteiger partial charge >= 0.3 is 6.03 Å². The molecule has 0 saturated heterocycles. The summed E-state index contributed by atoms with van der Waals surface area (Å²) >= 11 is 0. The minimum absolute atomic E-state index is 0.0407. The zero-order valence-electron chi connectivity index (χ0n) is 12.6. The van der Waals surface area contributed by atoms with Gasteiger partial charge in [0.15, 0.2) is 0 Å². The van der Waals surface area contributed by atoms with E-state index in [-0.39, 0.29) is 23.8 Å². The van der Waals surface area contributed by atoms with E-state index in [1.807, 2.05) is 0 Å². The van der Waals surface area contributed by atoms with E-state index in [1.165, 1.54) is 11.0 Å². The van der Waals surface area contributed by atoms with Crippen molar-refractivity contribution in [3.05, 3.63) is 39.4 Å². The standard InChI is InChI=1S/C15H19N3O3/c1-6-11(3)17(5)15(19)16-12(4)13-8-7-10(2)14(9-13)18(20)21/h1,7-9,11-12H,2-5H3,(H,16,19). The molecule has 0 heterocycles. The highest BCUT2D eigenvalue weighted by Gasteiger charge is 2.19. The summed E-state index contributed by atoms with van der Waals surface area (Å²) in [5, 5.41) is 13.7. The highest BCUT2D eigenvalue weighted by Crippen LogP contribution is 2.23. The second-order valence-electron chi connectivity index (χ2n) is 4.93. The lowest BCUT2D eigenvalue weighted by Gasteiger charge is -2.24. The summed E-state index contributed by atoms with van der Waals surface area (Å²) in [6.07, 6.45) is 5.28. The van der Waals surface area contributed by atoms with Gasteiger partial charge in [0.25, 0.3) is 5.69 Å². The normalized spacial score (nSPS) is 12.9. The van der Waals surface area contributed by atoms with Gasteiger partial charge in [-0.2, -0.15) is 0 Å². The third-order valence-electron chi connectivity index (χ3n) is 3.41. The molecular formula is C15H19N3O3. The van der Waals surface area contributed by atoms with Crippen LogP contribution in [0.1, 0.15) is 31.0 Å². The maximum Gasteiger partial charge on any atom is 0.318 e. The predicted octanol–water partition coefficient (Wildman–Crippen LogP) is 2.63. The van der Waals surface area contributed by atoms with E-state index in [0.29, 0.717) is 11.1 Å². The molecule has 2 unspecified atom stereocenters. The molecule has 21 heavy (non-hydrogen) atoms. The fraction of sp³-hybridized carbons (Fsp3) is 0.400. The van der Waals surface area contributed by atoms with Crippen LogP contribution in [-0.4, -0.2) is 28.9 Å². The van der Waals surface area contributed by atoms with Crippen molar-refractivity contribution in [2.45, 2.75) is 32.9 Å². The molecule has 6 heteroatoms. The number of benzene rings is 1. The van der Waals surface area contributed by atoms with Crippen molar-refractivity contribution < 1.29 is 9.72 Å². The van der Waals surface area contributed by atoms with Gasteiger partial charge in [-0.15, -0.1) is 6.42 Å². The lowest BCUT2D eigenvalue weighted by Crippen LogP contribution is -2.42. The number of amides is 2. The third-order valence-corrected chi connectivity index (χ3v) is 3.41. The number of nitro groups is 1. The minimum atomic E-state index is -0.431. The molecule has 2 atom stereocenters. The Morgan fingerprint density at radius 1 is 1.48 bits per heavy atom. The van der Waals surface area contributed by atoms with Gasteiger partial charge in [-0.25, -0.2) is 4.79 Å². The van der Waals surface area contributed by atoms with Crippen molar-refractivity contribution >= 4 is 11.7 Å². The second-order valence-corrected chi connectivity index (χ2v) is 4.93. The number of nitro benzene ring substituents is 1. The Balaban J connectivity index is 2.88. The highest BCUT2D eigenvalue weighted by molar-refractivity contribution is 5.75. The molecule has 6 nitrogen and oxygen atoms in total. The van der Waals surface area contributed by atoms with Crippen LogP contribution in [0, 0.1) is 29.4 Å². The van der Waals surface area contributed by atoms with Crippen molar-refractivity contribution in [3.8, 4) is 12.3 Å². The molecule has 0 spiro atoms. The Labute approximate surface area is 124 Å². The van der Waals surface area contributed by atoms with Gasteiger partial charge in [0.05, 0.1) is 17.0 Å². The Bertz CT molecular complexity index is 592. The smallest absolute Gasteiger partial charge is 0.318 e. The summed E-state index contributed by atoms with van der Waals surface area (Å²) in [6.45, 7) is 5.18. The first-order valence-electron chi connectivity index (χ1n) is 6.52. The van der Waals surface area contributed by atoms with E-state index < -0.39 is 4.92 Å². The van der Waals surface area contributed by atoms with Gasteiger partial charge < -0.3 is 10.2 Å². The Morgan fingerprint density at radius 2 is 2.10 bits per heavy atom. The van der Waals surface area contributed by atoms with Crippen LogP contribution in [0.15, 0.2) is 18.2 Å². The zero-order chi connectivity index (χ0) is 16.2. The maximum atomic E-state index is 12.0. The van der Waals surface area contributed by atoms with E-state index in [9.17, 15) is 14.9 Å². The first-order valence-corrected chi connectivity index (χ1v) is 6.52. The van der Waals surface area contributed by atoms with Crippen molar-refractivity contribution in [2.75, 3.05) is 7.05 Å². The first-order chi connectivity index (χ1) is 9.77. The fourth-order valence-electron chi connectivity index (χ4n) is 1.75. The number of carbonyl (C=O) groups is 1. The van der Waals surface area contributed by atoms with Crippen molar-refractivity contribution in [1.29, 1.82) is 0 Å². The molecule has 0 aliphatic rings. The molecule has 0 fully saturated rings. The number of nitrogens with zero attached hydrogens (tertiary/aromatic N) is 2. The van der Waals surface area contributed by atoms with Crippen molar-refractivity contribution in [1.82, 2.24) is 10.2 Å². The zero-order valence-corrected chi connectivity index (χ0v) is 12.6. The number of hydrogen-bond acceptors (Lipinski definition) is 3. The van der Waals surface area contributed by atoms with Gasteiger partial charge in [0.1, 0.15) is 0 Å². The number of carbonyl (C=O) groups excluding carboxylic acids is 1. The molecule has 0 saturated carbocycles. The van der Waals surface area contributed by atoms with Gasteiger partial charge in [0, 0.05) is 18.7 Å². The SMILES string of the molecule is C#CC(C)N(C)C(=O)NC(C)c1ccc(C)c([N+](=O)[O-])c1. The fourth-order valence-corrected chi connectivity index (χ4v) is 1.75. The average molecular weight is 289 g/mol. The van der Waals surface area contributed by atoms with Crippen LogP contribution in [0.4, 0.5) is 10.5 Å². The highest BCUT2D eigenvalue weighted by atomic mass is 16.6. The number of aryl methyl sites for hydroxylation is 1. The molecule has 1 aromatic rings. The number of urea groups is 1. The monoisotopic (exact) mass is 289 g/mol. The Morgan fingerprint density at radius 3 is 2.62 bits per heavy atom. The van der Waals surface area contributed by atoms with Gasteiger partial charge in [-0.3, -0.25) is 10.1 Å². The van der Waals surface area contributed by atoms with Crippen LogP contribution in [0.2, 0.25) is 0 Å². The summed E-state index contributed by atoms with van der Waals surface area (Å²) in [5.74, 6) is 2.47. The van der Waals surface area contributed by atoms with E-state index >= 15 is 0 Å². The van der Waals surface area contributed by atoms with Crippen LogP contribution >= 0.6 is 0 Å². The van der Waals surface area contributed by atoms with Gasteiger partial charge in [0.2, 0.25) is 0 Å². The van der Waals surface area contributed by atoms with Gasteiger partial charge in [-0.1, -0.05) is 18.1 Å². The number of terminal acetylenes is 1. The summed E-state index contributed by atoms with van der Waals surface area (Å²) in [6, 6.07) is 3.90. The van der Waals surface area contributed by atoms with Crippen molar-refractivity contribution in [3.63, 3.8) is 0 Å².